The monoisotopic (exact) mass is 500 g/mol. The van der Waals surface area contributed by atoms with Gasteiger partial charge in [-0.05, 0) is 25.3 Å². The zero-order valence-electron chi connectivity index (χ0n) is 19.3. The van der Waals surface area contributed by atoms with Gasteiger partial charge in [0.05, 0.1) is 12.2 Å². The highest BCUT2D eigenvalue weighted by Gasteiger charge is 2.31. The molecule has 2 fully saturated rings. The summed E-state index contributed by atoms with van der Waals surface area (Å²) in [6.07, 6.45) is 15.1. The molecule has 33 heavy (non-hydrogen) atoms. The molecule has 174 valence electrons. The standard InChI is InChI=1S/C21H24BCl3.C6H8N2/c1-16-7-11-19(12-8-16)22(18-5-3-2-4-6-18)20-13-9-17(10-14-20)21(24,25)15-23;1-2-6(1)8-4-3-7-5-8/h7-14,18H,2-6,15H2,1H3;3-6H,1-2H2. The van der Waals surface area contributed by atoms with Crippen molar-refractivity contribution in [2.24, 2.45) is 0 Å². The Morgan fingerprint density at radius 1 is 0.909 bits per heavy atom. The van der Waals surface area contributed by atoms with E-state index in [1.807, 2.05) is 30.9 Å². The Bertz CT molecular complexity index is 977. The topological polar surface area (TPSA) is 17.8 Å². The van der Waals surface area contributed by atoms with E-state index in [2.05, 4.69) is 52.9 Å². The Morgan fingerprint density at radius 3 is 2.03 bits per heavy atom. The van der Waals surface area contributed by atoms with Gasteiger partial charge in [0.2, 0.25) is 6.71 Å². The number of imidazole rings is 1. The molecule has 5 rings (SSSR count). The van der Waals surface area contributed by atoms with Crippen molar-refractivity contribution in [1.29, 1.82) is 0 Å². The van der Waals surface area contributed by atoms with E-state index in [-0.39, 0.29) is 5.88 Å². The van der Waals surface area contributed by atoms with Crippen LogP contribution in [-0.2, 0) is 4.33 Å². The van der Waals surface area contributed by atoms with Crippen LogP contribution in [-0.4, -0.2) is 22.1 Å². The number of alkyl halides is 3. The summed E-state index contributed by atoms with van der Waals surface area (Å²) in [6.45, 7) is 2.58. The molecule has 2 saturated carbocycles. The van der Waals surface area contributed by atoms with Gasteiger partial charge < -0.3 is 4.57 Å². The molecular weight excluding hydrogens is 469 g/mol. The van der Waals surface area contributed by atoms with Crippen molar-refractivity contribution in [3.63, 3.8) is 0 Å². The van der Waals surface area contributed by atoms with Gasteiger partial charge in [0.1, 0.15) is 0 Å². The summed E-state index contributed by atoms with van der Waals surface area (Å²) in [6, 6.07) is 18.2. The number of aromatic nitrogens is 2. The smallest absolute Gasteiger partial charge is 0.212 e. The van der Waals surface area contributed by atoms with Crippen molar-refractivity contribution in [1.82, 2.24) is 9.55 Å². The number of benzene rings is 2. The van der Waals surface area contributed by atoms with Gasteiger partial charge in [0.25, 0.3) is 0 Å². The second-order valence-electron chi connectivity index (χ2n) is 9.49. The van der Waals surface area contributed by atoms with Crippen molar-refractivity contribution in [2.75, 3.05) is 5.88 Å². The van der Waals surface area contributed by atoms with Crippen LogP contribution in [0.1, 0.15) is 62.1 Å². The first-order valence-corrected chi connectivity index (χ1v) is 13.3. The van der Waals surface area contributed by atoms with Crippen LogP contribution >= 0.6 is 34.8 Å². The van der Waals surface area contributed by atoms with Gasteiger partial charge in [0.15, 0.2) is 4.33 Å². The van der Waals surface area contributed by atoms with E-state index in [4.69, 9.17) is 34.8 Å². The maximum Gasteiger partial charge on any atom is 0.212 e. The molecule has 0 spiro atoms. The third-order valence-electron chi connectivity index (χ3n) is 6.91. The number of hydrogen-bond donors (Lipinski definition) is 0. The molecule has 0 N–H and O–H groups in total. The fourth-order valence-corrected chi connectivity index (χ4v) is 5.25. The predicted molar refractivity (Wildman–Crippen MR) is 144 cm³/mol. The summed E-state index contributed by atoms with van der Waals surface area (Å²) in [7, 11) is 0. The summed E-state index contributed by atoms with van der Waals surface area (Å²) >= 11 is 18.5. The molecular formula is C27H32BCl3N2. The number of hydrogen-bond acceptors (Lipinski definition) is 1. The van der Waals surface area contributed by atoms with Gasteiger partial charge in [-0.15, -0.1) is 11.6 Å². The largest absolute Gasteiger partial charge is 0.334 e. The molecule has 0 saturated heterocycles. The summed E-state index contributed by atoms with van der Waals surface area (Å²) in [5.41, 5.74) is 4.92. The van der Waals surface area contributed by atoms with E-state index in [9.17, 15) is 0 Å². The van der Waals surface area contributed by atoms with Gasteiger partial charge >= 0.3 is 0 Å². The highest BCUT2D eigenvalue weighted by atomic mass is 35.5. The first-order valence-electron chi connectivity index (χ1n) is 12.1. The zero-order valence-corrected chi connectivity index (χ0v) is 21.5. The number of halogens is 3. The lowest BCUT2D eigenvalue weighted by molar-refractivity contribution is 0.499. The number of nitrogens with zero attached hydrogens (tertiary/aromatic N) is 2. The third kappa shape index (κ3) is 6.59. The Hall–Kier alpha value is -1.42. The second-order valence-corrected chi connectivity index (χ2v) is 11.2. The summed E-state index contributed by atoms with van der Waals surface area (Å²) in [5, 5.41) is 0. The zero-order chi connectivity index (χ0) is 23.3. The molecule has 0 amide bonds. The molecule has 2 nitrogen and oxygen atoms in total. The summed E-state index contributed by atoms with van der Waals surface area (Å²) < 4.78 is 1.14. The lowest BCUT2D eigenvalue weighted by atomic mass is 9.32. The van der Waals surface area contributed by atoms with E-state index >= 15 is 0 Å². The van der Waals surface area contributed by atoms with E-state index < -0.39 is 4.33 Å². The lowest BCUT2D eigenvalue weighted by Gasteiger charge is -2.29. The lowest BCUT2D eigenvalue weighted by Crippen LogP contribution is -2.46. The van der Waals surface area contributed by atoms with Crippen LogP contribution in [0.4, 0.5) is 0 Å². The number of rotatable bonds is 6. The maximum absolute atomic E-state index is 6.29. The molecule has 0 aliphatic heterocycles. The molecule has 2 aromatic carbocycles. The van der Waals surface area contributed by atoms with Crippen LogP contribution in [0.15, 0.2) is 67.3 Å². The van der Waals surface area contributed by atoms with Crippen LogP contribution in [0.5, 0.6) is 0 Å². The Labute approximate surface area is 213 Å². The molecule has 6 heteroatoms. The maximum atomic E-state index is 6.29. The van der Waals surface area contributed by atoms with Crippen molar-refractivity contribution in [3.8, 4) is 0 Å². The Kier molecular flexibility index (Phi) is 8.49. The van der Waals surface area contributed by atoms with E-state index in [1.54, 1.807) is 0 Å². The average Bonchev–Trinajstić information content (AvgIpc) is 3.56. The Balaban J connectivity index is 0.000000269. The molecule has 0 radical (unpaired) electrons. The quantitative estimate of drug-likeness (QED) is 0.262. The predicted octanol–water partition coefficient (Wildman–Crippen LogP) is 7.03. The summed E-state index contributed by atoms with van der Waals surface area (Å²) in [5.74, 6) is 0.881. The van der Waals surface area contributed by atoms with Crippen LogP contribution in [0.25, 0.3) is 0 Å². The SMILES string of the molecule is Cc1ccc(B(c2ccc(C(Cl)(Cl)CCl)cc2)C2CCCCC2)cc1.c1cn(C2CC2)cn1. The fourth-order valence-electron chi connectivity index (χ4n) is 4.85. The molecule has 1 heterocycles. The van der Waals surface area contributed by atoms with Crippen molar-refractivity contribution in [3.05, 3.63) is 78.4 Å². The van der Waals surface area contributed by atoms with Crippen LogP contribution in [0.3, 0.4) is 0 Å². The van der Waals surface area contributed by atoms with Crippen LogP contribution < -0.4 is 10.9 Å². The highest BCUT2D eigenvalue weighted by molar-refractivity contribution is 6.86. The molecule has 2 aliphatic carbocycles. The molecule has 2 aliphatic rings. The van der Waals surface area contributed by atoms with Crippen molar-refractivity contribution >= 4 is 52.4 Å². The second kappa shape index (κ2) is 11.3. The van der Waals surface area contributed by atoms with Gasteiger partial charge in [-0.25, -0.2) is 4.98 Å². The normalized spacial score (nSPS) is 16.7. The van der Waals surface area contributed by atoms with Crippen molar-refractivity contribution < 1.29 is 0 Å². The Morgan fingerprint density at radius 2 is 1.52 bits per heavy atom. The fraction of sp³-hybridized carbons (Fsp3) is 0.444. The third-order valence-corrected chi connectivity index (χ3v) is 8.29. The van der Waals surface area contributed by atoms with Crippen LogP contribution in [0, 0.1) is 6.92 Å². The van der Waals surface area contributed by atoms with E-state index in [0.717, 1.165) is 11.6 Å². The van der Waals surface area contributed by atoms with Gasteiger partial charge in [-0.1, -0.05) is 126 Å². The molecule has 0 bridgehead atoms. The average molecular weight is 502 g/mol. The highest BCUT2D eigenvalue weighted by Crippen LogP contribution is 2.35. The van der Waals surface area contributed by atoms with Gasteiger partial charge in [0, 0.05) is 18.4 Å². The van der Waals surface area contributed by atoms with Crippen molar-refractivity contribution in [2.45, 2.75) is 68.1 Å². The number of aryl methyl sites for hydroxylation is 1. The summed E-state index contributed by atoms with van der Waals surface area (Å²) in [4.78, 5) is 3.95. The van der Waals surface area contributed by atoms with E-state index in [0.29, 0.717) is 12.5 Å². The van der Waals surface area contributed by atoms with Crippen LogP contribution in [0.2, 0.25) is 5.82 Å². The minimum absolute atomic E-state index is 0.180. The first kappa shape index (κ1) is 24.7. The molecule has 0 atom stereocenters. The minimum Gasteiger partial charge on any atom is -0.334 e. The van der Waals surface area contributed by atoms with E-state index in [1.165, 1.54) is 61.4 Å². The molecule has 3 aromatic rings. The first-order chi connectivity index (χ1) is 16.0. The van der Waals surface area contributed by atoms with Gasteiger partial charge in [-0.3, -0.25) is 0 Å². The molecule has 0 unspecified atom stereocenters. The molecule has 1 aromatic heterocycles. The van der Waals surface area contributed by atoms with Gasteiger partial charge in [-0.2, -0.15) is 0 Å². The minimum atomic E-state index is -1.02.